The van der Waals surface area contributed by atoms with Crippen LogP contribution in [-0.2, 0) is 16.0 Å². The zero-order valence-electron chi connectivity index (χ0n) is 16.4. The first-order valence-electron chi connectivity index (χ1n) is 9.67. The average molecular weight is 444 g/mol. The molecule has 1 aliphatic heterocycles. The molecule has 0 radical (unpaired) electrons. The number of amides is 2. The molecule has 0 spiro atoms. The Balaban J connectivity index is 1.32. The Bertz CT molecular complexity index is 1100. The molecule has 10 heteroatoms. The molecule has 2 aromatic carbocycles. The lowest BCUT2D eigenvalue weighted by molar-refractivity contribution is -0.120. The van der Waals surface area contributed by atoms with Crippen molar-refractivity contribution < 1.29 is 18.5 Å². The van der Waals surface area contributed by atoms with Crippen LogP contribution in [0, 0.1) is 5.82 Å². The Labute approximate surface area is 182 Å². The first-order chi connectivity index (χ1) is 15.0. The molecule has 0 bridgehead atoms. The summed E-state index contributed by atoms with van der Waals surface area (Å²) in [4.78, 5) is 30.0. The van der Waals surface area contributed by atoms with Crippen LogP contribution in [0.5, 0.6) is 0 Å². The summed E-state index contributed by atoms with van der Waals surface area (Å²) in [7, 11) is 0. The lowest BCUT2D eigenvalue weighted by Crippen LogP contribution is -2.47. The third-order valence-corrected chi connectivity index (χ3v) is 5.05. The molecule has 1 fully saturated rings. The van der Waals surface area contributed by atoms with E-state index in [1.54, 1.807) is 30.3 Å². The summed E-state index contributed by atoms with van der Waals surface area (Å²) >= 11 is 6.36. The van der Waals surface area contributed by atoms with Gasteiger partial charge in [-0.3, -0.25) is 9.59 Å². The van der Waals surface area contributed by atoms with E-state index in [-0.39, 0.29) is 37.0 Å². The van der Waals surface area contributed by atoms with Crippen molar-refractivity contribution in [2.24, 2.45) is 0 Å². The van der Waals surface area contributed by atoms with Crippen LogP contribution in [0.2, 0.25) is 5.02 Å². The SMILES string of the molecule is O=C1CN(c2ccc(NC(=O)CCc3nc(-c4ccc(F)cc4)no3)cc2Cl)CCN1. The van der Waals surface area contributed by atoms with Gasteiger partial charge < -0.3 is 20.1 Å². The van der Waals surface area contributed by atoms with Crippen molar-refractivity contribution in [2.45, 2.75) is 12.8 Å². The Morgan fingerprint density at radius 2 is 2.06 bits per heavy atom. The predicted molar refractivity (Wildman–Crippen MR) is 113 cm³/mol. The number of hydrogen-bond acceptors (Lipinski definition) is 6. The van der Waals surface area contributed by atoms with E-state index in [1.165, 1.54) is 12.1 Å². The van der Waals surface area contributed by atoms with Gasteiger partial charge in [-0.15, -0.1) is 0 Å². The van der Waals surface area contributed by atoms with Gasteiger partial charge in [-0.2, -0.15) is 4.98 Å². The molecule has 2 heterocycles. The van der Waals surface area contributed by atoms with E-state index in [4.69, 9.17) is 16.1 Å². The van der Waals surface area contributed by atoms with Crippen LogP contribution < -0.4 is 15.5 Å². The van der Waals surface area contributed by atoms with E-state index >= 15 is 0 Å². The zero-order valence-corrected chi connectivity index (χ0v) is 17.2. The molecule has 2 amide bonds. The van der Waals surface area contributed by atoms with Gasteiger partial charge in [-0.1, -0.05) is 16.8 Å². The number of nitrogens with one attached hydrogen (secondary N) is 2. The van der Waals surface area contributed by atoms with Gasteiger partial charge in [0.1, 0.15) is 5.82 Å². The van der Waals surface area contributed by atoms with Crippen molar-refractivity contribution in [3.05, 3.63) is 59.2 Å². The minimum Gasteiger partial charge on any atom is -0.359 e. The van der Waals surface area contributed by atoms with Crippen LogP contribution in [-0.4, -0.2) is 41.6 Å². The topological polar surface area (TPSA) is 100 Å². The molecule has 31 heavy (non-hydrogen) atoms. The van der Waals surface area contributed by atoms with Crippen molar-refractivity contribution in [3.63, 3.8) is 0 Å². The molecule has 2 N–H and O–H groups in total. The number of carbonyl (C=O) groups excluding carboxylic acids is 2. The van der Waals surface area contributed by atoms with Gasteiger partial charge in [0.2, 0.25) is 23.5 Å². The fourth-order valence-electron chi connectivity index (χ4n) is 3.20. The molecule has 0 saturated carbocycles. The van der Waals surface area contributed by atoms with Crippen LogP contribution in [0.3, 0.4) is 0 Å². The van der Waals surface area contributed by atoms with Crippen molar-refractivity contribution in [2.75, 3.05) is 29.9 Å². The highest BCUT2D eigenvalue weighted by Gasteiger charge is 2.19. The Hall–Kier alpha value is -3.46. The van der Waals surface area contributed by atoms with Crippen LogP contribution in [0.4, 0.5) is 15.8 Å². The highest BCUT2D eigenvalue weighted by Crippen LogP contribution is 2.29. The molecule has 3 aromatic rings. The molecule has 0 unspecified atom stereocenters. The van der Waals surface area contributed by atoms with Crippen LogP contribution in [0.1, 0.15) is 12.3 Å². The molecule has 1 saturated heterocycles. The number of carbonyl (C=O) groups is 2. The van der Waals surface area contributed by atoms with Gasteiger partial charge in [-0.25, -0.2) is 4.39 Å². The summed E-state index contributed by atoms with van der Waals surface area (Å²) in [5, 5.41) is 9.86. The predicted octanol–water partition coefficient (Wildman–Crippen LogP) is 3.04. The summed E-state index contributed by atoms with van der Waals surface area (Å²) in [6, 6.07) is 10.9. The fraction of sp³-hybridized carbons (Fsp3) is 0.238. The molecule has 4 rings (SSSR count). The molecule has 1 aromatic heterocycles. The zero-order chi connectivity index (χ0) is 21.8. The molecular weight excluding hydrogens is 425 g/mol. The van der Waals surface area contributed by atoms with Crippen molar-refractivity contribution in [3.8, 4) is 11.4 Å². The van der Waals surface area contributed by atoms with Crippen molar-refractivity contribution >= 4 is 34.8 Å². The first kappa shape index (κ1) is 20.8. The molecular formula is C21H19ClFN5O3. The molecule has 1 aliphatic rings. The Morgan fingerprint density at radius 3 is 2.81 bits per heavy atom. The highest BCUT2D eigenvalue weighted by atomic mass is 35.5. The van der Waals surface area contributed by atoms with Gasteiger partial charge in [0.25, 0.3) is 0 Å². The maximum atomic E-state index is 13.0. The number of nitrogens with zero attached hydrogens (tertiary/aromatic N) is 3. The number of hydrogen-bond donors (Lipinski definition) is 2. The van der Waals surface area contributed by atoms with Crippen molar-refractivity contribution in [1.82, 2.24) is 15.5 Å². The largest absolute Gasteiger partial charge is 0.359 e. The second-order valence-corrected chi connectivity index (χ2v) is 7.41. The number of aromatic nitrogens is 2. The number of rotatable bonds is 6. The highest BCUT2D eigenvalue weighted by molar-refractivity contribution is 6.33. The van der Waals surface area contributed by atoms with Gasteiger partial charge in [0, 0.05) is 37.2 Å². The van der Waals surface area contributed by atoms with E-state index < -0.39 is 0 Å². The number of benzene rings is 2. The van der Waals surface area contributed by atoms with Crippen LogP contribution in [0.25, 0.3) is 11.4 Å². The van der Waals surface area contributed by atoms with Gasteiger partial charge in [0.05, 0.1) is 17.3 Å². The summed E-state index contributed by atoms with van der Waals surface area (Å²) in [6.07, 6.45) is 0.394. The lowest BCUT2D eigenvalue weighted by atomic mass is 10.2. The smallest absolute Gasteiger partial charge is 0.239 e. The normalized spacial score (nSPS) is 13.7. The van der Waals surface area contributed by atoms with Gasteiger partial charge in [0.15, 0.2) is 0 Å². The summed E-state index contributed by atoms with van der Waals surface area (Å²) < 4.78 is 18.2. The molecule has 0 aliphatic carbocycles. The van der Waals surface area contributed by atoms with E-state index in [0.717, 1.165) is 5.69 Å². The summed E-state index contributed by atoms with van der Waals surface area (Å²) in [6.45, 7) is 1.48. The van der Waals surface area contributed by atoms with E-state index in [1.807, 2.05) is 4.90 Å². The van der Waals surface area contributed by atoms with Crippen LogP contribution in [0.15, 0.2) is 47.0 Å². The number of anilines is 2. The lowest BCUT2D eigenvalue weighted by Gasteiger charge is -2.29. The third-order valence-electron chi connectivity index (χ3n) is 4.75. The first-order valence-corrected chi connectivity index (χ1v) is 10.1. The van der Waals surface area contributed by atoms with E-state index in [2.05, 4.69) is 20.8 Å². The minimum absolute atomic E-state index is 0.0525. The Kier molecular flexibility index (Phi) is 6.13. The molecule has 8 nitrogen and oxygen atoms in total. The minimum atomic E-state index is -0.348. The summed E-state index contributed by atoms with van der Waals surface area (Å²) in [5.41, 5.74) is 1.92. The second kappa shape index (κ2) is 9.13. The van der Waals surface area contributed by atoms with Crippen LogP contribution >= 0.6 is 11.6 Å². The number of piperazine rings is 1. The maximum Gasteiger partial charge on any atom is 0.239 e. The number of aryl methyl sites for hydroxylation is 1. The van der Waals surface area contributed by atoms with Crippen molar-refractivity contribution in [1.29, 1.82) is 0 Å². The standard InChI is InChI=1S/C21H19ClFN5O3/c22-16-11-15(5-6-17(16)28-10-9-24-19(30)12-28)25-18(29)7-8-20-26-21(27-31-20)13-1-3-14(23)4-2-13/h1-6,11H,7-10,12H2,(H,24,30)(H,25,29). The Morgan fingerprint density at radius 1 is 1.26 bits per heavy atom. The maximum absolute atomic E-state index is 13.0. The van der Waals surface area contributed by atoms with Gasteiger partial charge in [-0.05, 0) is 42.5 Å². The fourth-order valence-corrected chi connectivity index (χ4v) is 3.50. The molecule has 0 atom stereocenters. The van der Waals surface area contributed by atoms with Gasteiger partial charge >= 0.3 is 0 Å². The molecule has 160 valence electrons. The summed E-state index contributed by atoms with van der Waals surface area (Å²) in [5.74, 6) is 0.0140. The van der Waals surface area contributed by atoms with E-state index in [9.17, 15) is 14.0 Å². The quantitative estimate of drug-likeness (QED) is 0.607. The second-order valence-electron chi connectivity index (χ2n) is 7.00. The van der Waals surface area contributed by atoms with E-state index in [0.29, 0.717) is 41.1 Å². The monoisotopic (exact) mass is 443 g/mol. The third kappa shape index (κ3) is 5.18. The number of halogens is 2. The average Bonchev–Trinajstić information content (AvgIpc) is 3.22.